The second-order valence-corrected chi connectivity index (χ2v) is 6.59. The van der Waals surface area contributed by atoms with Gasteiger partial charge in [0.1, 0.15) is 23.9 Å². The van der Waals surface area contributed by atoms with Crippen LogP contribution in [0.25, 0.3) is 0 Å². The SMILES string of the molecule is CCn1c(CN2CCCC2)nnc1N(C)CCOc1ccc(OC)cc1. The van der Waals surface area contributed by atoms with Crippen LogP contribution in [-0.4, -0.2) is 60.1 Å². The van der Waals surface area contributed by atoms with Gasteiger partial charge in [-0.1, -0.05) is 0 Å². The monoisotopic (exact) mass is 359 g/mol. The molecule has 1 saturated heterocycles. The van der Waals surface area contributed by atoms with Crippen LogP contribution in [0, 0.1) is 0 Å². The number of likely N-dealkylation sites (N-methyl/N-ethyl adjacent to an activating group) is 1. The highest BCUT2D eigenvalue weighted by molar-refractivity contribution is 5.32. The van der Waals surface area contributed by atoms with Crippen LogP contribution < -0.4 is 14.4 Å². The summed E-state index contributed by atoms with van der Waals surface area (Å²) in [5, 5.41) is 8.85. The quantitative estimate of drug-likeness (QED) is 0.685. The highest BCUT2D eigenvalue weighted by atomic mass is 16.5. The first-order valence-corrected chi connectivity index (χ1v) is 9.33. The Morgan fingerprint density at radius 1 is 1.08 bits per heavy atom. The number of anilines is 1. The van der Waals surface area contributed by atoms with Crippen LogP contribution in [0.4, 0.5) is 5.95 Å². The lowest BCUT2D eigenvalue weighted by atomic mass is 10.3. The summed E-state index contributed by atoms with van der Waals surface area (Å²) in [6.07, 6.45) is 2.57. The van der Waals surface area contributed by atoms with Crippen LogP contribution in [-0.2, 0) is 13.1 Å². The van der Waals surface area contributed by atoms with Gasteiger partial charge in [-0.2, -0.15) is 0 Å². The second-order valence-electron chi connectivity index (χ2n) is 6.59. The van der Waals surface area contributed by atoms with E-state index in [-0.39, 0.29) is 0 Å². The molecule has 2 heterocycles. The number of benzene rings is 1. The molecule has 0 atom stereocenters. The van der Waals surface area contributed by atoms with E-state index in [1.807, 2.05) is 31.3 Å². The number of rotatable bonds is 9. The van der Waals surface area contributed by atoms with Crippen LogP contribution in [0.1, 0.15) is 25.6 Å². The Morgan fingerprint density at radius 2 is 1.77 bits per heavy atom. The van der Waals surface area contributed by atoms with Crippen molar-refractivity contribution in [2.45, 2.75) is 32.9 Å². The molecule has 0 saturated carbocycles. The molecule has 0 N–H and O–H groups in total. The fourth-order valence-corrected chi connectivity index (χ4v) is 3.26. The van der Waals surface area contributed by atoms with Gasteiger partial charge in [0.05, 0.1) is 20.2 Å². The molecule has 2 aromatic rings. The maximum Gasteiger partial charge on any atom is 0.227 e. The van der Waals surface area contributed by atoms with Crippen LogP contribution in [0.15, 0.2) is 24.3 Å². The molecule has 7 heteroatoms. The van der Waals surface area contributed by atoms with Gasteiger partial charge >= 0.3 is 0 Å². The molecule has 26 heavy (non-hydrogen) atoms. The van der Waals surface area contributed by atoms with Gasteiger partial charge in [-0.15, -0.1) is 10.2 Å². The minimum Gasteiger partial charge on any atom is -0.497 e. The number of nitrogens with zero attached hydrogens (tertiary/aromatic N) is 5. The van der Waals surface area contributed by atoms with E-state index in [0.29, 0.717) is 6.61 Å². The summed E-state index contributed by atoms with van der Waals surface area (Å²) in [6.45, 7) is 7.55. The van der Waals surface area contributed by atoms with Crippen molar-refractivity contribution < 1.29 is 9.47 Å². The third-order valence-corrected chi connectivity index (χ3v) is 4.78. The van der Waals surface area contributed by atoms with Gasteiger partial charge in [0.15, 0.2) is 0 Å². The highest BCUT2D eigenvalue weighted by Crippen LogP contribution is 2.18. The number of hydrogen-bond donors (Lipinski definition) is 0. The molecule has 3 rings (SSSR count). The van der Waals surface area contributed by atoms with E-state index in [2.05, 4.69) is 31.5 Å². The smallest absolute Gasteiger partial charge is 0.227 e. The van der Waals surface area contributed by atoms with Gasteiger partial charge < -0.3 is 14.4 Å². The first-order chi connectivity index (χ1) is 12.7. The van der Waals surface area contributed by atoms with Crippen molar-refractivity contribution in [2.75, 3.05) is 45.3 Å². The topological polar surface area (TPSA) is 55.7 Å². The third kappa shape index (κ3) is 4.46. The van der Waals surface area contributed by atoms with Gasteiger partial charge in [-0.05, 0) is 57.1 Å². The van der Waals surface area contributed by atoms with Crippen LogP contribution in [0.2, 0.25) is 0 Å². The average molecular weight is 359 g/mol. The van der Waals surface area contributed by atoms with Crippen molar-refractivity contribution in [3.05, 3.63) is 30.1 Å². The van der Waals surface area contributed by atoms with Gasteiger partial charge in [0, 0.05) is 13.6 Å². The Morgan fingerprint density at radius 3 is 2.42 bits per heavy atom. The highest BCUT2D eigenvalue weighted by Gasteiger charge is 2.19. The van der Waals surface area contributed by atoms with Crippen LogP contribution in [0.5, 0.6) is 11.5 Å². The minimum absolute atomic E-state index is 0.584. The summed E-state index contributed by atoms with van der Waals surface area (Å²) in [4.78, 5) is 4.56. The molecule has 1 aliphatic heterocycles. The molecule has 1 aliphatic rings. The summed E-state index contributed by atoms with van der Waals surface area (Å²) < 4.78 is 13.2. The first kappa shape index (κ1) is 18.5. The van der Waals surface area contributed by atoms with Gasteiger partial charge in [0.2, 0.25) is 5.95 Å². The molecule has 0 amide bonds. The molecule has 1 aromatic carbocycles. The van der Waals surface area contributed by atoms with E-state index in [9.17, 15) is 0 Å². The van der Waals surface area contributed by atoms with Crippen molar-refractivity contribution >= 4 is 5.95 Å². The number of aromatic nitrogens is 3. The van der Waals surface area contributed by atoms with Crippen molar-refractivity contribution in [3.8, 4) is 11.5 Å². The molecule has 0 bridgehead atoms. The fraction of sp³-hybridized carbons (Fsp3) is 0.579. The summed E-state index contributed by atoms with van der Waals surface area (Å²) in [7, 11) is 3.69. The van der Waals surface area contributed by atoms with E-state index in [1.54, 1.807) is 7.11 Å². The number of hydrogen-bond acceptors (Lipinski definition) is 6. The summed E-state index contributed by atoms with van der Waals surface area (Å²) >= 11 is 0. The standard InChI is InChI=1S/C19H29N5O2/c1-4-24-18(15-23-11-5-6-12-23)20-21-19(24)22(2)13-14-26-17-9-7-16(25-3)8-10-17/h7-10H,4-6,11-15H2,1-3H3. The first-order valence-electron chi connectivity index (χ1n) is 9.33. The predicted molar refractivity (Wildman–Crippen MR) is 102 cm³/mol. The second kappa shape index (κ2) is 8.89. The maximum absolute atomic E-state index is 5.82. The third-order valence-electron chi connectivity index (χ3n) is 4.78. The zero-order valence-corrected chi connectivity index (χ0v) is 16.0. The number of methoxy groups -OCH3 is 1. The van der Waals surface area contributed by atoms with E-state index < -0.39 is 0 Å². The molecule has 142 valence electrons. The zero-order chi connectivity index (χ0) is 18.4. The normalized spacial score (nSPS) is 14.6. The maximum atomic E-state index is 5.82. The molecule has 7 nitrogen and oxygen atoms in total. The number of likely N-dealkylation sites (tertiary alicyclic amines) is 1. The molecule has 0 radical (unpaired) electrons. The van der Waals surface area contributed by atoms with Gasteiger partial charge in [-0.3, -0.25) is 9.47 Å². The summed E-state index contributed by atoms with van der Waals surface area (Å²) in [6, 6.07) is 7.64. The van der Waals surface area contributed by atoms with E-state index >= 15 is 0 Å². The van der Waals surface area contributed by atoms with Crippen LogP contribution >= 0.6 is 0 Å². The zero-order valence-electron chi connectivity index (χ0n) is 16.0. The Balaban J connectivity index is 1.54. The van der Waals surface area contributed by atoms with Gasteiger partial charge in [0.25, 0.3) is 0 Å². The van der Waals surface area contributed by atoms with Crippen molar-refractivity contribution in [3.63, 3.8) is 0 Å². The van der Waals surface area contributed by atoms with E-state index in [4.69, 9.17) is 9.47 Å². The predicted octanol–water partition coefficient (Wildman–Crippen LogP) is 2.42. The fourth-order valence-electron chi connectivity index (χ4n) is 3.26. The summed E-state index contributed by atoms with van der Waals surface area (Å²) in [5.41, 5.74) is 0. The molecule has 0 spiro atoms. The Labute approximate surface area is 155 Å². The lowest BCUT2D eigenvalue weighted by molar-refractivity contribution is 0.315. The lowest BCUT2D eigenvalue weighted by Crippen LogP contribution is -2.27. The van der Waals surface area contributed by atoms with Crippen molar-refractivity contribution in [1.29, 1.82) is 0 Å². The molecule has 1 aromatic heterocycles. The molecule has 0 aliphatic carbocycles. The van der Waals surface area contributed by atoms with Crippen LogP contribution in [0.3, 0.4) is 0 Å². The van der Waals surface area contributed by atoms with Gasteiger partial charge in [-0.25, -0.2) is 0 Å². The molecule has 0 unspecified atom stereocenters. The Hall–Kier alpha value is -2.28. The molecular weight excluding hydrogens is 330 g/mol. The van der Waals surface area contributed by atoms with E-state index in [1.165, 1.54) is 12.8 Å². The number of ether oxygens (including phenoxy) is 2. The molecule has 1 fully saturated rings. The lowest BCUT2D eigenvalue weighted by Gasteiger charge is -2.20. The minimum atomic E-state index is 0.584. The largest absolute Gasteiger partial charge is 0.497 e. The Kier molecular flexibility index (Phi) is 6.33. The van der Waals surface area contributed by atoms with Crippen molar-refractivity contribution in [1.82, 2.24) is 19.7 Å². The molecular formula is C19H29N5O2. The summed E-state index contributed by atoms with van der Waals surface area (Å²) in [5.74, 6) is 3.62. The Bertz CT molecular complexity index is 680. The van der Waals surface area contributed by atoms with Crippen molar-refractivity contribution in [2.24, 2.45) is 0 Å². The average Bonchev–Trinajstić information content (AvgIpc) is 3.32. The van der Waals surface area contributed by atoms with E-state index in [0.717, 1.165) is 56.0 Å².